The number of rotatable bonds is 3. The normalized spacial score (nSPS) is 11.0. The number of nitrogens with one attached hydrogen (secondary N) is 1. The number of alkyl halides is 3. The summed E-state index contributed by atoms with van der Waals surface area (Å²) in [7, 11) is 0. The number of benzene rings is 1. The summed E-state index contributed by atoms with van der Waals surface area (Å²) in [6.07, 6.45) is -4.52. The molecule has 0 aromatic heterocycles. The zero-order valence-corrected chi connectivity index (χ0v) is 8.56. The molecule has 1 aromatic carbocycles. The fraction of sp³-hybridized carbons (Fsp3) is 0.182. The third-order valence-electron chi connectivity index (χ3n) is 1.93. The molecule has 0 bridgehead atoms. The number of halogens is 3. The second-order valence-electron chi connectivity index (χ2n) is 3.20. The predicted octanol–water partition coefficient (Wildman–Crippen LogP) is 3.38. The van der Waals surface area contributed by atoms with E-state index in [4.69, 9.17) is 0 Å². The van der Waals surface area contributed by atoms with Crippen LogP contribution in [0.5, 0.6) is 0 Å². The first-order valence-corrected chi connectivity index (χ1v) is 4.45. The molecule has 0 spiro atoms. The molecule has 5 heteroatoms. The van der Waals surface area contributed by atoms with E-state index in [0.717, 1.165) is 0 Å². The van der Waals surface area contributed by atoms with E-state index in [1.165, 1.54) is 19.1 Å². The van der Waals surface area contributed by atoms with Crippen molar-refractivity contribution in [1.82, 2.24) is 0 Å². The van der Waals surface area contributed by atoms with Crippen LogP contribution in [-0.2, 0) is 0 Å². The summed E-state index contributed by atoms with van der Waals surface area (Å²) < 4.78 is 36.7. The average Bonchev–Trinajstić information content (AvgIpc) is 2.16. The minimum Gasteiger partial charge on any atom is -0.351 e. The van der Waals surface area contributed by atoms with Crippen molar-refractivity contribution in [1.29, 1.82) is 0 Å². The molecule has 0 aliphatic heterocycles. The Morgan fingerprint density at radius 2 is 1.88 bits per heavy atom. The molecular formula is C11H10F3NO. The number of hydrogen-bond donors (Lipinski definition) is 1. The number of carbonyl (C=O) groups is 1. The van der Waals surface area contributed by atoms with E-state index in [1.807, 2.05) is 0 Å². The first-order chi connectivity index (χ1) is 7.32. The Balaban J connectivity index is 2.98. The van der Waals surface area contributed by atoms with Gasteiger partial charge in [0.05, 0.1) is 0 Å². The van der Waals surface area contributed by atoms with Gasteiger partial charge in [0.2, 0.25) is 0 Å². The Hall–Kier alpha value is -1.78. The van der Waals surface area contributed by atoms with E-state index in [2.05, 4.69) is 11.9 Å². The first kappa shape index (κ1) is 12.3. The highest BCUT2D eigenvalue weighted by atomic mass is 19.4. The van der Waals surface area contributed by atoms with E-state index in [9.17, 15) is 18.0 Å². The number of hydrogen-bond acceptors (Lipinski definition) is 2. The maximum absolute atomic E-state index is 12.2. The highest BCUT2D eigenvalue weighted by molar-refractivity contribution is 5.99. The van der Waals surface area contributed by atoms with Crippen molar-refractivity contribution in [2.24, 2.45) is 0 Å². The van der Waals surface area contributed by atoms with Crippen molar-refractivity contribution in [2.45, 2.75) is 13.1 Å². The van der Waals surface area contributed by atoms with Crippen molar-refractivity contribution in [2.75, 3.05) is 5.32 Å². The SMILES string of the molecule is C=C(Nc1ccccc1C(C)=O)C(F)(F)F. The maximum atomic E-state index is 12.2. The van der Waals surface area contributed by atoms with E-state index >= 15 is 0 Å². The first-order valence-electron chi connectivity index (χ1n) is 4.45. The zero-order chi connectivity index (χ0) is 12.3. The molecule has 1 N–H and O–H groups in total. The van der Waals surface area contributed by atoms with Gasteiger partial charge in [-0.05, 0) is 19.1 Å². The van der Waals surface area contributed by atoms with Crippen LogP contribution in [0.3, 0.4) is 0 Å². The van der Waals surface area contributed by atoms with Crippen molar-refractivity contribution in [3.05, 3.63) is 42.1 Å². The van der Waals surface area contributed by atoms with Gasteiger partial charge in [-0.1, -0.05) is 18.7 Å². The lowest BCUT2D eigenvalue weighted by Crippen LogP contribution is -2.18. The lowest BCUT2D eigenvalue weighted by Gasteiger charge is -2.14. The Morgan fingerprint density at radius 1 is 1.31 bits per heavy atom. The van der Waals surface area contributed by atoms with Crippen LogP contribution >= 0.6 is 0 Å². The monoisotopic (exact) mass is 229 g/mol. The summed E-state index contributed by atoms with van der Waals surface area (Å²) in [5.41, 5.74) is -0.786. The van der Waals surface area contributed by atoms with Crippen LogP contribution in [0.1, 0.15) is 17.3 Å². The van der Waals surface area contributed by atoms with Crippen LogP contribution in [0.15, 0.2) is 36.5 Å². The topological polar surface area (TPSA) is 29.1 Å². The number of carbonyl (C=O) groups excluding carboxylic acids is 1. The third-order valence-corrected chi connectivity index (χ3v) is 1.93. The smallest absolute Gasteiger partial charge is 0.351 e. The van der Waals surface area contributed by atoms with Crippen molar-refractivity contribution in [3.8, 4) is 0 Å². The molecule has 0 heterocycles. The Morgan fingerprint density at radius 3 is 2.38 bits per heavy atom. The molecular weight excluding hydrogens is 219 g/mol. The molecule has 0 atom stereocenters. The van der Waals surface area contributed by atoms with E-state index < -0.39 is 11.9 Å². The average molecular weight is 229 g/mol. The summed E-state index contributed by atoms with van der Waals surface area (Å²) in [6.45, 7) is 4.16. The second kappa shape index (κ2) is 4.38. The van der Waals surface area contributed by atoms with Gasteiger partial charge in [-0.2, -0.15) is 13.2 Å². The van der Waals surface area contributed by atoms with Gasteiger partial charge >= 0.3 is 6.18 Å². The zero-order valence-electron chi connectivity index (χ0n) is 8.56. The second-order valence-corrected chi connectivity index (χ2v) is 3.20. The van der Waals surface area contributed by atoms with Crippen LogP contribution in [0.2, 0.25) is 0 Å². The molecule has 0 saturated heterocycles. The van der Waals surface area contributed by atoms with Crippen LogP contribution in [0, 0.1) is 0 Å². The Kier molecular flexibility index (Phi) is 3.37. The molecule has 0 aliphatic rings. The molecule has 0 aliphatic carbocycles. The van der Waals surface area contributed by atoms with Gasteiger partial charge in [-0.3, -0.25) is 4.79 Å². The minimum absolute atomic E-state index is 0.109. The number of para-hydroxylation sites is 1. The van der Waals surface area contributed by atoms with Gasteiger partial charge in [0, 0.05) is 11.3 Å². The van der Waals surface area contributed by atoms with Crippen LogP contribution in [-0.4, -0.2) is 12.0 Å². The molecule has 0 fully saturated rings. The van der Waals surface area contributed by atoms with Crippen molar-refractivity contribution in [3.63, 3.8) is 0 Å². The lowest BCUT2D eigenvalue weighted by atomic mass is 10.1. The fourth-order valence-corrected chi connectivity index (χ4v) is 1.13. The van der Waals surface area contributed by atoms with Crippen LogP contribution in [0.25, 0.3) is 0 Å². The van der Waals surface area contributed by atoms with E-state index in [1.54, 1.807) is 12.1 Å². The largest absolute Gasteiger partial charge is 0.430 e. The molecule has 86 valence electrons. The summed E-state index contributed by atoms with van der Waals surface area (Å²) in [4.78, 5) is 11.1. The minimum atomic E-state index is -4.52. The maximum Gasteiger partial charge on any atom is 0.430 e. The summed E-state index contributed by atoms with van der Waals surface area (Å²) >= 11 is 0. The lowest BCUT2D eigenvalue weighted by molar-refractivity contribution is -0.0898. The van der Waals surface area contributed by atoms with Crippen molar-refractivity contribution >= 4 is 11.5 Å². The molecule has 0 saturated carbocycles. The quantitative estimate of drug-likeness (QED) is 0.805. The van der Waals surface area contributed by atoms with E-state index in [-0.39, 0.29) is 17.0 Å². The van der Waals surface area contributed by atoms with Gasteiger partial charge in [0.1, 0.15) is 5.70 Å². The molecule has 16 heavy (non-hydrogen) atoms. The third kappa shape index (κ3) is 2.85. The molecule has 1 rings (SSSR count). The van der Waals surface area contributed by atoms with Crippen molar-refractivity contribution < 1.29 is 18.0 Å². The van der Waals surface area contributed by atoms with Gasteiger partial charge in [-0.15, -0.1) is 0 Å². The molecule has 2 nitrogen and oxygen atoms in total. The summed E-state index contributed by atoms with van der Waals surface area (Å²) in [6, 6.07) is 5.97. The molecule has 0 amide bonds. The van der Waals surface area contributed by atoms with Crippen LogP contribution < -0.4 is 5.32 Å². The highest BCUT2D eigenvalue weighted by Gasteiger charge is 2.32. The van der Waals surface area contributed by atoms with E-state index in [0.29, 0.717) is 0 Å². The fourth-order valence-electron chi connectivity index (χ4n) is 1.13. The van der Waals surface area contributed by atoms with Gasteiger partial charge in [0.15, 0.2) is 5.78 Å². The predicted molar refractivity (Wildman–Crippen MR) is 55.3 cm³/mol. The number of ketones is 1. The van der Waals surface area contributed by atoms with Gasteiger partial charge < -0.3 is 5.32 Å². The summed E-state index contributed by atoms with van der Waals surface area (Å²) in [5, 5.41) is 2.09. The number of allylic oxidation sites excluding steroid dienone is 1. The summed E-state index contributed by atoms with van der Waals surface area (Å²) in [5.74, 6) is -0.307. The molecule has 0 radical (unpaired) electrons. The molecule has 0 unspecified atom stereocenters. The molecule has 1 aromatic rings. The van der Waals surface area contributed by atoms with Gasteiger partial charge in [-0.25, -0.2) is 0 Å². The number of Topliss-reactive ketones (excluding diaryl/α,β-unsaturated/α-hetero) is 1. The standard InChI is InChI=1S/C11H10F3NO/c1-7(16)9-5-3-4-6-10(9)15-8(2)11(12,13)14/h3-6,15H,2H2,1H3. The Labute approximate surface area is 90.8 Å². The van der Waals surface area contributed by atoms with Crippen LogP contribution in [0.4, 0.5) is 18.9 Å². The van der Waals surface area contributed by atoms with Gasteiger partial charge in [0.25, 0.3) is 0 Å². The number of anilines is 1. The Bertz CT molecular complexity index is 423. The highest BCUT2D eigenvalue weighted by Crippen LogP contribution is 2.27.